The minimum atomic E-state index is -0.455. The molecule has 2 aliphatic rings. The molecule has 0 radical (unpaired) electrons. The maximum Gasteiger partial charge on any atom is 0.228 e. The zero-order valence-corrected chi connectivity index (χ0v) is 14.4. The molecule has 3 unspecified atom stereocenters. The van der Waals surface area contributed by atoms with E-state index in [0.717, 1.165) is 12.0 Å². The second-order valence-electron chi connectivity index (χ2n) is 7.28. The summed E-state index contributed by atoms with van der Waals surface area (Å²) in [6.45, 7) is 6.15. The van der Waals surface area contributed by atoms with Crippen LogP contribution in [0.4, 0.5) is 0 Å². The minimum Gasteiger partial charge on any atom is -0.391 e. The number of aliphatic hydroxyl groups excluding tert-OH is 1. The highest BCUT2D eigenvalue weighted by Gasteiger charge is 2.38. The number of hydrogen-bond acceptors (Lipinski definition) is 3. The van der Waals surface area contributed by atoms with Gasteiger partial charge >= 0.3 is 0 Å². The zero-order chi connectivity index (χ0) is 17.3. The van der Waals surface area contributed by atoms with Gasteiger partial charge in [-0.15, -0.1) is 0 Å². The van der Waals surface area contributed by atoms with Crippen molar-refractivity contribution in [1.82, 2.24) is 9.80 Å². The molecular weight excluding hydrogens is 304 g/mol. The van der Waals surface area contributed by atoms with Crippen LogP contribution in [0.2, 0.25) is 0 Å². The summed E-state index contributed by atoms with van der Waals surface area (Å²) in [5.41, 5.74) is 2.28. The molecule has 0 saturated carbocycles. The number of carbonyl (C=O) groups is 2. The van der Waals surface area contributed by atoms with E-state index >= 15 is 0 Å². The van der Waals surface area contributed by atoms with Crippen LogP contribution in [0.1, 0.15) is 30.9 Å². The Hall–Kier alpha value is -1.88. The first kappa shape index (κ1) is 17.0. The molecule has 1 aromatic rings. The van der Waals surface area contributed by atoms with Gasteiger partial charge < -0.3 is 14.9 Å². The molecular formula is C19H26N2O3. The molecule has 3 rings (SSSR count). The van der Waals surface area contributed by atoms with Crippen molar-refractivity contribution in [2.24, 2.45) is 11.8 Å². The van der Waals surface area contributed by atoms with E-state index in [-0.39, 0.29) is 30.1 Å². The third-order valence-corrected chi connectivity index (χ3v) is 5.29. The SMILES string of the molecule is Cc1ccc(CN2CC(C(=O)N3CCC(C)C(O)C3)CC2=O)cc1. The fourth-order valence-electron chi connectivity index (χ4n) is 3.51. The van der Waals surface area contributed by atoms with Crippen molar-refractivity contribution < 1.29 is 14.7 Å². The van der Waals surface area contributed by atoms with Gasteiger partial charge in [-0.1, -0.05) is 36.8 Å². The molecule has 5 heteroatoms. The van der Waals surface area contributed by atoms with Crippen LogP contribution in [0.5, 0.6) is 0 Å². The Morgan fingerprint density at radius 2 is 1.96 bits per heavy atom. The molecule has 0 spiro atoms. The van der Waals surface area contributed by atoms with E-state index in [1.807, 2.05) is 38.1 Å². The van der Waals surface area contributed by atoms with Crippen molar-refractivity contribution in [1.29, 1.82) is 0 Å². The lowest BCUT2D eigenvalue weighted by Crippen LogP contribution is -2.48. The van der Waals surface area contributed by atoms with Crippen LogP contribution in [0.25, 0.3) is 0 Å². The number of carbonyl (C=O) groups excluding carboxylic acids is 2. The van der Waals surface area contributed by atoms with Crippen LogP contribution in [0.15, 0.2) is 24.3 Å². The summed E-state index contributed by atoms with van der Waals surface area (Å²) in [6, 6.07) is 8.13. The summed E-state index contributed by atoms with van der Waals surface area (Å²) in [6.07, 6.45) is 0.650. The van der Waals surface area contributed by atoms with Crippen molar-refractivity contribution in [2.45, 2.75) is 39.3 Å². The van der Waals surface area contributed by atoms with Crippen molar-refractivity contribution in [3.05, 3.63) is 35.4 Å². The fraction of sp³-hybridized carbons (Fsp3) is 0.579. The number of likely N-dealkylation sites (tertiary alicyclic amines) is 2. The Labute approximate surface area is 143 Å². The van der Waals surface area contributed by atoms with Crippen LogP contribution in [0, 0.1) is 18.8 Å². The standard InChI is InChI=1S/C19H26N2O3/c1-13-3-5-15(6-4-13)10-21-11-16(9-18(21)23)19(24)20-8-7-14(2)17(22)12-20/h3-6,14,16-17,22H,7-12H2,1-2H3. The van der Waals surface area contributed by atoms with Gasteiger partial charge in [-0.05, 0) is 24.8 Å². The Morgan fingerprint density at radius 3 is 2.62 bits per heavy atom. The second-order valence-corrected chi connectivity index (χ2v) is 7.28. The summed E-state index contributed by atoms with van der Waals surface area (Å²) in [5, 5.41) is 9.99. The summed E-state index contributed by atoms with van der Waals surface area (Å²) < 4.78 is 0. The van der Waals surface area contributed by atoms with Crippen molar-refractivity contribution in [3.63, 3.8) is 0 Å². The van der Waals surface area contributed by atoms with Crippen LogP contribution in [0.3, 0.4) is 0 Å². The molecule has 0 aromatic heterocycles. The number of aryl methyl sites for hydroxylation is 1. The molecule has 2 aliphatic heterocycles. The normalized spacial score (nSPS) is 27.6. The maximum absolute atomic E-state index is 12.7. The van der Waals surface area contributed by atoms with E-state index in [1.54, 1.807) is 9.80 Å². The van der Waals surface area contributed by atoms with Gasteiger partial charge in [0.05, 0.1) is 12.0 Å². The van der Waals surface area contributed by atoms with Crippen molar-refractivity contribution in [2.75, 3.05) is 19.6 Å². The highest BCUT2D eigenvalue weighted by atomic mass is 16.3. The number of aliphatic hydroxyl groups is 1. The fourth-order valence-corrected chi connectivity index (χ4v) is 3.51. The summed E-state index contributed by atoms with van der Waals surface area (Å²) >= 11 is 0. The summed E-state index contributed by atoms with van der Waals surface area (Å²) in [7, 11) is 0. The lowest BCUT2D eigenvalue weighted by atomic mass is 9.94. The molecule has 130 valence electrons. The second kappa shape index (κ2) is 6.93. The number of piperidine rings is 1. The molecule has 5 nitrogen and oxygen atoms in total. The third-order valence-electron chi connectivity index (χ3n) is 5.29. The van der Waals surface area contributed by atoms with Crippen molar-refractivity contribution in [3.8, 4) is 0 Å². The monoisotopic (exact) mass is 330 g/mol. The smallest absolute Gasteiger partial charge is 0.228 e. The third kappa shape index (κ3) is 3.61. The van der Waals surface area contributed by atoms with Gasteiger partial charge in [-0.25, -0.2) is 0 Å². The average molecular weight is 330 g/mol. The first-order chi connectivity index (χ1) is 11.4. The van der Waals surface area contributed by atoms with E-state index in [4.69, 9.17) is 0 Å². The molecule has 1 N–H and O–H groups in total. The molecule has 2 amide bonds. The molecule has 2 saturated heterocycles. The van der Waals surface area contributed by atoms with E-state index < -0.39 is 6.10 Å². The zero-order valence-electron chi connectivity index (χ0n) is 14.4. The van der Waals surface area contributed by atoms with Crippen LogP contribution < -0.4 is 0 Å². The molecule has 2 fully saturated rings. The first-order valence-corrected chi connectivity index (χ1v) is 8.74. The predicted molar refractivity (Wildman–Crippen MR) is 91.1 cm³/mol. The highest BCUT2D eigenvalue weighted by Crippen LogP contribution is 2.25. The van der Waals surface area contributed by atoms with Crippen LogP contribution >= 0.6 is 0 Å². The lowest BCUT2D eigenvalue weighted by molar-refractivity contribution is -0.139. The molecule has 24 heavy (non-hydrogen) atoms. The first-order valence-electron chi connectivity index (χ1n) is 8.74. The average Bonchev–Trinajstić information content (AvgIpc) is 2.92. The minimum absolute atomic E-state index is 0.0145. The Morgan fingerprint density at radius 1 is 1.25 bits per heavy atom. The Balaban J connectivity index is 1.59. The molecule has 1 aromatic carbocycles. The Bertz CT molecular complexity index is 614. The molecule has 0 bridgehead atoms. The van der Waals surface area contributed by atoms with E-state index in [0.29, 0.717) is 26.2 Å². The highest BCUT2D eigenvalue weighted by molar-refractivity contribution is 5.89. The number of nitrogens with zero attached hydrogens (tertiary/aromatic N) is 2. The van der Waals surface area contributed by atoms with Crippen LogP contribution in [-0.4, -0.2) is 52.5 Å². The number of amides is 2. The number of β-amino-alcohol motifs (C(OH)–C–C–N with tert-alkyl or cyclic N) is 1. The van der Waals surface area contributed by atoms with E-state index in [1.165, 1.54) is 5.56 Å². The topological polar surface area (TPSA) is 60.9 Å². The number of hydrogen-bond donors (Lipinski definition) is 1. The van der Waals surface area contributed by atoms with Gasteiger partial charge in [-0.2, -0.15) is 0 Å². The number of rotatable bonds is 3. The Kier molecular flexibility index (Phi) is 4.90. The van der Waals surface area contributed by atoms with Gasteiger partial charge in [0.15, 0.2) is 0 Å². The summed E-state index contributed by atoms with van der Waals surface area (Å²) in [5.74, 6) is 0.0152. The van der Waals surface area contributed by atoms with Gasteiger partial charge in [-0.3, -0.25) is 9.59 Å². The van der Waals surface area contributed by atoms with E-state index in [2.05, 4.69) is 0 Å². The number of benzene rings is 1. The van der Waals surface area contributed by atoms with E-state index in [9.17, 15) is 14.7 Å². The van der Waals surface area contributed by atoms with Crippen molar-refractivity contribution >= 4 is 11.8 Å². The maximum atomic E-state index is 12.7. The van der Waals surface area contributed by atoms with Gasteiger partial charge in [0, 0.05) is 32.6 Å². The van der Waals surface area contributed by atoms with Gasteiger partial charge in [0.2, 0.25) is 11.8 Å². The quantitative estimate of drug-likeness (QED) is 0.915. The largest absolute Gasteiger partial charge is 0.391 e. The molecule has 0 aliphatic carbocycles. The van der Waals surface area contributed by atoms with Crippen LogP contribution in [-0.2, 0) is 16.1 Å². The van der Waals surface area contributed by atoms with Gasteiger partial charge in [0.1, 0.15) is 0 Å². The molecule has 2 heterocycles. The molecule has 3 atom stereocenters. The lowest BCUT2D eigenvalue weighted by Gasteiger charge is -2.35. The predicted octanol–water partition coefficient (Wildman–Crippen LogP) is 1.57. The van der Waals surface area contributed by atoms with Gasteiger partial charge in [0.25, 0.3) is 0 Å². The summed E-state index contributed by atoms with van der Waals surface area (Å²) in [4.78, 5) is 28.5.